The Balaban J connectivity index is 1.99. The molecule has 1 aromatic rings. The first-order valence-electron chi connectivity index (χ1n) is 8.21. The molecule has 0 bridgehead atoms. The van der Waals surface area contributed by atoms with Crippen LogP contribution in [-0.2, 0) is 11.2 Å². The number of primary amides is 1. The normalized spacial score (nSPS) is 21.2. The van der Waals surface area contributed by atoms with Gasteiger partial charge in [-0.15, -0.1) is 0 Å². The standard InChI is InChI=1S/C16H24F2N4O2/c1-9(2)7-13-12(14(19)23)8-20-16(22-13)21-10-3-5-11(6-4-10)24-15(17)18/h8-11,15H,3-7H2,1-2H3,(H2,19,23)(H,20,21,22). The van der Waals surface area contributed by atoms with Crippen molar-refractivity contribution in [3.8, 4) is 0 Å². The van der Waals surface area contributed by atoms with Crippen LogP contribution in [-0.4, -0.2) is 34.6 Å². The summed E-state index contributed by atoms with van der Waals surface area (Å²) in [6.07, 6.45) is 4.24. The first-order chi connectivity index (χ1) is 11.3. The fourth-order valence-electron chi connectivity index (χ4n) is 2.91. The van der Waals surface area contributed by atoms with Crippen molar-refractivity contribution < 1.29 is 18.3 Å². The summed E-state index contributed by atoms with van der Waals surface area (Å²) in [7, 11) is 0. The van der Waals surface area contributed by atoms with E-state index in [0.29, 0.717) is 55.2 Å². The summed E-state index contributed by atoms with van der Waals surface area (Å²) in [5, 5.41) is 3.22. The largest absolute Gasteiger partial charge is 0.365 e. The first kappa shape index (κ1) is 18.5. The van der Waals surface area contributed by atoms with E-state index in [1.807, 2.05) is 13.8 Å². The molecule has 134 valence electrons. The van der Waals surface area contributed by atoms with Crippen molar-refractivity contribution in [1.29, 1.82) is 0 Å². The molecular weight excluding hydrogens is 318 g/mol. The molecular formula is C16H24F2N4O2. The smallest absolute Gasteiger partial charge is 0.345 e. The molecule has 1 fully saturated rings. The topological polar surface area (TPSA) is 90.1 Å². The van der Waals surface area contributed by atoms with Gasteiger partial charge in [0.1, 0.15) is 0 Å². The second-order valence-electron chi connectivity index (χ2n) is 6.53. The molecule has 8 heteroatoms. The SMILES string of the molecule is CC(C)Cc1nc(NC2CCC(OC(F)F)CC2)ncc1C(N)=O. The van der Waals surface area contributed by atoms with E-state index in [1.165, 1.54) is 6.20 Å². The zero-order chi connectivity index (χ0) is 17.7. The summed E-state index contributed by atoms with van der Waals surface area (Å²) in [4.78, 5) is 20.1. The third kappa shape index (κ3) is 5.36. The van der Waals surface area contributed by atoms with Crippen LogP contribution in [0.15, 0.2) is 6.20 Å². The van der Waals surface area contributed by atoms with E-state index in [4.69, 9.17) is 5.73 Å². The van der Waals surface area contributed by atoms with Crippen molar-refractivity contribution in [3.05, 3.63) is 17.5 Å². The molecule has 3 N–H and O–H groups in total. The van der Waals surface area contributed by atoms with Crippen LogP contribution in [0.4, 0.5) is 14.7 Å². The number of hydrogen-bond acceptors (Lipinski definition) is 5. The maximum absolute atomic E-state index is 12.2. The van der Waals surface area contributed by atoms with Crippen LogP contribution in [0.25, 0.3) is 0 Å². The number of halogens is 2. The number of rotatable bonds is 7. The molecule has 2 rings (SSSR count). The van der Waals surface area contributed by atoms with Crippen LogP contribution in [0.5, 0.6) is 0 Å². The van der Waals surface area contributed by atoms with E-state index in [9.17, 15) is 13.6 Å². The number of ether oxygens (including phenoxy) is 1. The van der Waals surface area contributed by atoms with E-state index in [1.54, 1.807) is 0 Å². The van der Waals surface area contributed by atoms with Crippen LogP contribution in [0.2, 0.25) is 0 Å². The van der Waals surface area contributed by atoms with Gasteiger partial charge in [-0.2, -0.15) is 8.78 Å². The molecule has 0 saturated heterocycles. The van der Waals surface area contributed by atoms with Crippen molar-refractivity contribution in [2.24, 2.45) is 11.7 Å². The Bertz CT molecular complexity index is 561. The number of carbonyl (C=O) groups excluding carboxylic acids is 1. The highest BCUT2D eigenvalue weighted by molar-refractivity contribution is 5.93. The molecule has 1 heterocycles. The number of amides is 1. The lowest BCUT2D eigenvalue weighted by Gasteiger charge is -2.28. The quantitative estimate of drug-likeness (QED) is 0.795. The Hall–Kier alpha value is -1.83. The lowest BCUT2D eigenvalue weighted by molar-refractivity contribution is -0.169. The molecule has 6 nitrogen and oxygen atoms in total. The van der Waals surface area contributed by atoms with Crippen LogP contribution in [0.1, 0.15) is 55.6 Å². The fourth-order valence-corrected chi connectivity index (χ4v) is 2.91. The zero-order valence-corrected chi connectivity index (χ0v) is 14.0. The van der Waals surface area contributed by atoms with Gasteiger partial charge in [-0.25, -0.2) is 9.97 Å². The molecule has 0 unspecified atom stereocenters. The van der Waals surface area contributed by atoms with Gasteiger partial charge in [0.15, 0.2) is 0 Å². The summed E-state index contributed by atoms with van der Waals surface area (Å²) in [6, 6.07) is 0.105. The molecule has 1 aliphatic carbocycles. The molecule has 1 saturated carbocycles. The molecule has 1 amide bonds. The average Bonchev–Trinajstić information content (AvgIpc) is 2.48. The summed E-state index contributed by atoms with van der Waals surface area (Å²) in [6.45, 7) is 1.34. The third-order valence-corrected chi connectivity index (χ3v) is 4.04. The van der Waals surface area contributed by atoms with Gasteiger partial charge in [0.25, 0.3) is 5.91 Å². The van der Waals surface area contributed by atoms with Crippen molar-refractivity contribution in [2.75, 3.05) is 5.32 Å². The maximum atomic E-state index is 12.2. The number of hydrogen-bond donors (Lipinski definition) is 2. The van der Waals surface area contributed by atoms with Crippen molar-refractivity contribution >= 4 is 11.9 Å². The minimum Gasteiger partial charge on any atom is -0.365 e. The van der Waals surface area contributed by atoms with Crippen molar-refractivity contribution in [2.45, 2.75) is 64.7 Å². The predicted molar refractivity (Wildman–Crippen MR) is 85.8 cm³/mol. The number of carbonyl (C=O) groups is 1. The zero-order valence-electron chi connectivity index (χ0n) is 14.0. The number of anilines is 1. The van der Waals surface area contributed by atoms with Gasteiger partial charge in [0.2, 0.25) is 5.95 Å². The van der Waals surface area contributed by atoms with Gasteiger partial charge < -0.3 is 15.8 Å². The Morgan fingerprint density at radius 3 is 2.58 bits per heavy atom. The molecule has 24 heavy (non-hydrogen) atoms. The molecule has 0 spiro atoms. The number of nitrogens with two attached hydrogens (primary N) is 1. The van der Waals surface area contributed by atoms with E-state index in [2.05, 4.69) is 20.0 Å². The Kier molecular flexibility index (Phi) is 6.42. The fraction of sp³-hybridized carbons (Fsp3) is 0.688. The van der Waals surface area contributed by atoms with Crippen LogP contribution in [0, 0.1) is 5.92 Å². The van der Waals surface area contributed by atoms with Crippen LogP contribution < -0.4 is 11.1 Å². The lowest BCUT2D eigenvalue weighted by Crippen LogP contribution is -2.31. The highest BCUT2D eigenvalue weighted by atomic mass is 19.3. The predicted octanol–water partition coefficient (Wildman–Crippen LogP) is 2.74. The minimum absolute atomic E-state index is 0.105. The number of alkyl halides is 2. The highest BCUT2D eigenvalue weighted by Gasteiger charge is 2.24. The lowest BCUT2D eigenvalue weighted by atomic mass is 9.93. The Labute approximate surface area is 140 Å². The van der Waals surface area contributed by atoms with Crippen LogP contribution in [0.3, 0.4) is 0 Å². The van der Waals surface area contributed by atoms with Gasteiger partial charge in [-0.3, -0.25) is 4.79 Å². The molecule has 0 aliphatic heterocycles. The Morgan fingerprint density at radius 2 is 2.04 bits per heavy atom. The monoisotopic (exact) mass is 342 g/mol. The summed E-state index contributed by atoms with van der Waals surface area (Å²) in [5.41, 5.74) is 6.33. The molecule has 1 aliphatic rings. The highest BCUT2D eigenvalue weighted by Crippen LogP contribution is 2.25. The summed E-state index contributed by atoms with van der Waals surface area (Å²) < 4.78 is 29.0. The van der Waals surface area contributed by atoms with E-state index < -0.39 is 18.6 Å². The van der Waals surface area contributed by atoms with Crippen LogP contribution >= 0.6 is 0 Å². The van der Waals surface area contributed by atoms with Gasteiger partial charge >= 0.3 is 6.61 Å². The molecule has 1 aromatic heterocycles. The minimum atomic E-state index is -2.72. The second kappa shape index (κ2) is 8.32. The van der Waals surface area contributed by atoms with E-state index >= 15 is 0 Å². The Morgan fingerprint density at radius 1 is 1.38 bits per heavy atom. The second-order valence-corrected chi connectivity index (χ2v) is 6.53. The molecule has 0 atom stereocenters. The summed E-state index contributed by atoms with van der Waals surface area (Å²) in [5.74, 6) is 0.225. The first-order valence-corrected chi connectivity index (χ1v) is 8.21. The van der Waals surface area contributed by atoms with Gasteiger partial charge in [-0.05, 0) is 38.0 Å². The van der Waals surface area contributed by atoms with Gasteiger partial charge in [-0.1, -0.05) is 13.8 Å². The van der Waals surface area contributed by atoms with Crippen molar-refractivity contribution in [3.63, 3.8) is 0 Å². The van der Waals surface area contributed by atoms with Gasteiger partial charge in [0.05, 0.1) is 17.4 Å². The summed E-state index contributed by atoms with van der Waals surface area (Å²) >= 11 is 0. The van der Waals surface area contributed by atoms with E-state index in [0.717, 1.165) is 0 Å². The van der Waals surface area contributed by atoms with Gasteiger partial charge in [0, 0.05) is 12.2 Å². The average molecular weight is 342 g/mol. The number of nitrogens with zero attached hydrogens (tertiary/aromatic N) is 2. The number of nitrogens with one attached hydrogen (secondary N) is 1. The van der Waals surface area contributed by atoms with E-state index in [-0.39, 0.29) is 6.04 Å². The number of aromatic nitrogens is 2. The molecule has 0 aromatic carbocycles. The van der Waals surface area contributed by atoms with Crippen molar-refractivity contribution in [1.82, 2.24) is 9.97 Å². The third-order valence-electron chi connectivity index (χ3n) is 4.04. The molecule has 0 radical (unpaired) electrons. The maximum Gasteiger partial charge on any atom is 0.345 e.